The van der Waals surface area contributed by atoms with E-state index in [1.165, 1.54) is 0 Å². The highest BCUT2D eigenvalue weighted by atomic mass is 79.9. The normalized spacial score (nSPS) is 10.6. The van der Waals surface area contributed by atoms with Gasteiger partial charge < -0.3 is 14.8 Å². The van der Waals surface area contributed by atoms with E-state index in [0.29, 0.717) is 24.0 Å². The monoisotopic (exact) mass is 405 g/mol. The lowest BCUT2D eigenvalue weighted by atomic mass is 10.1. The van der Waals surface area contributed by atoms with Crippen molar-refractivity contribution >= 4 is 27.5 Å². The second kappa shape index (κ2) is 9.47. The van der Waals surface area contributed by atoms with Crippen LogP contribution < -0.4 is 14.8 Å². The van der Waals surface area contributed by atoms with Crippen LogP contribution in [0.2, 0.25) is 0 Å². The van der Waals surface area contributed by atoms with Gasteiger partial charge >= 0.3 is 0 Å². The van der Waals surface area contributed by atoms with Crippen molar-refractivity contribution in [2.75, 3.05) is 18.5 Å². The van der Waals surface area contributed by atoms with Gasteiger partial charge in [-0.15, -0.1) is 0 Å². The zero-order chi connectivity index (χ0) is 18.2. The average molecular weight is 406 g/mol. The number of anilines is 1. The van der Waals surface area contributed by atoms with Crippen LogP contribution in [-0.2, 0) is 4.79 Å². The summed E-state index contributed by atoms with van der Waals surface area (Å²) in [5, 5.41) is 2.83. The van der Waals surface area contributed by atoms with E-state index in [4.69, 9.17) is 9.47 Å². The molecule has 0 unspecified atom stereocenters. The van der Waals surface area contributed by atoms with Gasteiger partial charge in [0.2, 0.25) is 0 Å². The molecule has 4 nitrogen and oxygen atoms in total. The lowest BCUT2D eigenvalue weighted by Crippen LogP contribution is -2.20. The summed E-state index contributed by atoms with van der Waals surface area (Å²) < 4.78 is 12.3. The number of amides is 1. The first-order valence-corrected chi connectivity index (χ1v) is 9.15. The van der Waals surface area contributed by atoms with Crippen molar-refractivity contribution in [1.82, 2.24) is 0 Å². The summed E-state index contributed by atoms with van der Waals surface area (Å²) >= 11 is 3.41. The van der Waals surface area contributed by atoms with Crippen molar-refractivity contribution in [3.8, 4) is 11.5 Å². The van der Waals surface area contributed by atoms with E-state index in [0.717, 1.165) is 22.2 Å². The van der Waals surface area contributed by atoms with Crippen LogP contribution in [0.5, 0.6) is 11.5 Å². The number of benzene rings is 2. The molecule has 2 aromatic rings. The predicted octanol–water partition coefficient (Wildman–Crippen LogP) is 5.20. The van der Waals surface area contributed by atoms with E-state index in [-0.39, 0.29) is 12.5 Å². The molecule has 0 heterocycles. The lowest BCUT2D eigenvalue weighted by Gasteiger charge is -2.11. The number of rotatable bonds is 8. The molecule has 0 aliphatic heterocycles. The number of hydrogen-bond donors (Lipinski definition) is 1. The van der Waals surface area contributed by atoms with Crippen molar-refractivity contribution < 1.29 is 14.3 Å². The molecular weight excluding hydrogens is 382 g/mol. The van der Waals surface area contributed by atoms with Crippen molar-refractivity contribution in [1.29, 1.82) is 0 Å². The second-order valence-corrected chi connectivity index (χ2v) is 7.22. The summed E-state index contributed by atoms with van der Waals surface area (Å²) in [7, 11) is 0. The van der Waals surface area contributed by atoms with Gasteiger partial charge in [-0.1, -0.05) is 35.8 Å². The Bertz CT molecular complexity index is 716. The summed E-state index contributed by atoms with van der Waals surface area (Å²) in [5.41, 5.74) is 1.67. The number of carbonyl (C=O) groups excluding carboxylic acids is 1. The minimum Gasteiger partial charge on any atom is -0.494 e. The summed E-state index contributed by atoms with van der Waals surface area (Å²) in [6, 6.07) is 13.1. The zero-order valence-corrected chi connectivity index (χ0v) is 16.4. The third-order valence-electron chi connectivity index (χ3n) is 3.58. The molecule has 0 bridgehead atoms. The van der Waals surface area contributed by atoms with Crippen molar-refractivity contribution in [3.63, 3.8) is 0 Å². The van der Waals surface area contributed by atoms with Crippen LogP contribution in [0.4, 0.5) is 5.69 Å². The Morgan fingerprint density at radius 3 is 2.68 bits per heavy atom. The number of nitrogens with one attached hydrogen (secondary N) is 1. The van der Waals surface area contributed by atoms with Crippen LogP contribution >= 0.6 is 15.9 Å². The van der Waals surface area contributed by atoms with Crippen molar-refractivity contribution in [3.05, 3.63) is 52.5 Å². The molecule has 134 valence electrons. The molecule has 1 amide bonds. The van der Waals surface area contributed by atoms with Gasteiger partial charge in [-0.3, -0.25) is 4.79 Å². The summed E-state index contributed by atoms with van der Waals surface area (Å²) in [4.78, 5) is 12.1. The highest BCUT2D eigenvalue weighted by Gasteiger charge is 2.07. The molecule has 2 rings (SSSR count). The molecule has 0 aliphatic rings. The Balaban J connectivity index is 1.85. The first kappa shape index (κ1) is 19.3. The van der Waals surface area contributed by atoms with E-state index < -0.39 is 0 Å². The molecule has 0 aromatic heterocycles. The maximum Gasteiger partial charge on any atom is 0.262 e. The van der Waals surface area contributed by atoms with Crippen LogP contribution in [0.25, 0.3) is 0 Å². The molecule has 0 radical (unpaired) electrons. The molecule has 2 aromatic carbocycles. The first-order valence-electron chi connectivity index (χ1n) is 8.35. The number of aryl methyl sites for hydroxylation is 1. The highest BCUT2D eigenvalue weighted by molar-refractivity contribution is 9.10. The molecule has 1 N–H and O–H groups in total. The molecular formula is C20H24BrNO3. The minimum absolute atomic E-state index is 0.0408. The molecule has 0 saturated carbocycles. The smallest absolute Gasteiger partial charge is 0.262 e. The van der Waals surface area contributed by atoms with Gasteiger partial charge in [0.25, 0.3) is 5.91 Å². The predicted molar refractivity (Wildman–Crippen MR) is 104 cm³/mol. The quantitative estimate of drug-likeness (QED) is 0.656. The van der Waals surface area contributed by atoms with E-state index in [1.807, 2.05) is 49.4 Å². The summed E-state index contributed by atoms with van der Waals surface area (Å²) in [6.07, 6.45) is 0.997. The third kappa shape index (κ3) is 6.78. The van der Waals surface area contributed by atoms with Gasteiger partial charge in [0.1, 0.15) is 11.5 Å². The van der Waals surface area contributed by atoms with Gasteiger partial charge in [0.05, 0.1) is 6.61 Å². The van der Waals surface area contributed by atoms with Crippen LogP contribution in [0, 0.1) is 12.8 Å². The minimum atomic E-state index is -0.207. The Hall–Kier alpha value is -2.01. The summed E-state index contributed by atoms with van der Waals surface area (Å²) in [6.45, 7) is 6.89. The Morgan fingerprint density at radius 2 is 1.96 bits per heavy atom. The molecule has 5 heteroatoms. The third-order valence-corrected chi connectivity index (χ3v) is 4.07. The SMILES string of the molecule is Cc1cc(Br)ccc1OCC(=O)Nc1cccc(OCCC(C)C)c1. The number of hydrogen-bond acceptors (Lipinski definition) is 3. The fourth-order valence-corrected chi connectivity index (χ4v) is 2.67. The summed E-state index contributed by atoms with van der Waals surface area (Å²) in [5.74, 6) is 1.84. The average Bonchev–Trinajstić information content (AvgIpc) is 2.54. The Morgan fingerprint density at radius 1 is 1.16 bits per heavy atom. The fraction of sp³-hybridized carbons (Fsp3) is 0.350. The molecule has 0 saturated heterocycles. The van der Waals surface area contributed by atoms with Gasteiger partial charge in [0, 0.05) is 16.2 Å². The number of carbonyl (C=O) groups is 1. The molecule has 25 heavy (non-hydrogen) atoms. The van der Waals surface area contributed by atoms with E-state index in [9.17, 15) is 4.79 Å². The first-order chi connectivity index (χ1) is 11.9. The zero-order valence-electron chi connectivity index (χ0n) is 14.8. The van der Waals surface area contributed by atoms with Crippen LogP contribution in [-0.4, -0.2) is 19.1 Å². The molecule has 0 aliphatic carbocycles. The highest BCUT2D eigenvalue weighted by Crippen LogP contribution is 2.22. The Labute approximate surface area is 157 Å². The van der Waals surface area contributed by atoms with E-state index in [2.05, 4.69) is 35.1 Å². The second-order valence-electron chi connectivity index (χ2n) is 6.31. The standard InChI is InChI=1S/C20H24BrNO3/c1-14(2)9-10-24-18-6-4-5-17(12-18)22-20(23)13-25-19-8-7-16(21)11-15(19)3/h4-8,11-12,14H,9-10,13H2,1-3H3,(H,22,23). The van der Waals surface area contributed by atoms with E-state index in [1.54, 1.807) is 0 Å². The molecule has 0 fully saturated rings. The largest absolute Gasteiger partial charge is 0.494 e. The van der Waals surface area contributed by atoms with Gasteiger partial charge in [-0.2, -0.15) is 0 Å². The lowest BCUT2D eigenvalue weighted by molar-refractivity contribution is -0.118. The topological polar surface area (TPSA) is 47.6 Å². The van der Waals surface area contributed by atoms with Crippen LogP contribution in [0.3, 0.4) is 0 Å². The van der Waals surface area contributed by atoms with Crippen molar-refractivity contribution in [2.24, 2.45) is 5.92 Å². The van der Waals surface area contributed by atoms with E-state index >= 15 is 0 Å². The van der Waals surface area contributed by atoms with Crippen LogP contribution in [0.1, 0.15) is 25.8 Å². The fourth-order valence-electron chi connectivity index (χ4n) is 2.19. The van der Waals surface area contributed by atoms with Crippen LogP contribution in [0.15, 0.2) is 46.9 Å². The molecule has 0 atom stereocenters. The number of halogens is 1. The number of ether oxygens (including phenoxy) is 2. The van der Waals surface area contributed by atoms with Crippen molar-refractivity contribution in [2.45, 2.75) is 27.2 Å². The Kier molecular flexibility index (Phi) is 7.31. The maximum absolute atomic E-state index is 12.1. The van der Waals surface area contributed by atoms with Gasteiger partial charge in [0.15, 0.2) is 6.61 Å². The molecule has 0 spiro atoms. The van der Waals surface area contributed by atoms with Gasteiger partial charge in [-0.25, -0.2) is 0 Å². The maximum atomic E-state index is 12.1. The van der Waals surface area contributed by atoms with Gasteiger partial charge in [-0.05, 0) is 55.2 Å².